The Morgan fingerprint density at radius 1 is 0.966 bits per heavy atom. The molecular weight excluding hydrogens is 370 g/mol. The molecule has 6 heteroatoms. The zero-order chi connectivity index (χ0) is 21.6. The van der Waals surface area contributed by atoms with Crippen molar-refractivity contribution in [2.75, 3.05) is 7.11 Å². The van der Waals surface area contributed by atoms with E-state index >= 15 is 0 Å². The molecule has 1 heterocycles. The fraction of sp³-hybridized carbons (Fsp3) is 0.696. The molecule has 0 aromatic carbocycles. The number of nitrogens with zero attached hydrogens (tertiary/aromatic N) is 1. The van der Waals surface area contributed by atoms with Gasteiger partial charge in [0.05, 0.1) is 18.9 Å². The van der Waals surface area contributed by atoms with E-state index in [9.17, 15) is 9.59 Å². The van der Waals surface area contributed by atoms with Gasteiger partial charge in [0.1, 0.15) is 0 Å². The topological polar surface area (TPSA) is 74.7 Å². The summed E-state index contributed by atoms with van der Waals surface area (Å²) in [6.07, 6.45) is 11.3. The van der Waals surface area contributed by atoms with Crippen LogP contribution < -0.4 is 9.47 Å². The Hall–Kier alpha value is -2.11. The number of carbonyl (C=O) groups excluding carboxylic acids is 2. The second-order valence-electron chi connectivity index (χ2n) is 7.61. The summed E-state index contributed by atoms with van der Waals surface area (Å²) in [7, 11) is 1.55. The van der Waals surface area contributed by atoms with Gasteiger partial charge in [-0.2, -0.15) is 0 Å². The molecule has 1 aromatic heterocycles. The maximum absolute atomic E-state index is 11.3. The summed E-state index contributed by atoms with van der Waals surface area (Å²) in [5.41, 5.74) is 1.67. The smallest absolute Gasteiger partial charge is 0.308 e. The number of ether oxygens (including phenoxy) is 3. The van der Waals surface area contributed by atoms with Crippen LogP contribution in [-0.4, -0.2) is 30.1 Å². The Morgan fingerprint density at radius 3 is 2.10 bits per heavy atom. The largest absolute Gasteiger partial charge is 0.491 e. The zero-order valence-corrected chi connectivity index (χ0v) is 18.7. The molecule has 164 valence electrons. The number of unbranched alkanes of at least 4 members (excludes halogenated alkanes) is 7. The minimum absolute atomic E-state index is 0.0315. The maximum Gasteiger partial charge on any atom is 0.308 e. The van der Waals surface area contributed by atoms with Gasteiger partial charge in [0.25, 0.3) is 0 Å². The quantitative estimate of drug-likeness (QED) is 0.306. The molecule has 0 aliphatic heterocycles. The molecule has 0 aliphatic carbocycles. The average Bonchev–Trinajstić information content (AvgIpc) is 2.62. The molecule has 1 rings (SSSR count). The lowest BCUT2D eigenvalue weighted by Crippen LogP contribution is -2.11. The molecule has 6 nitrogen and oxygen atoms in total. The molecule has 0 saturated carbocycles. The van der Waals surface area contributed by atoms with Gasteiger partial charge >= 0.3 is 11.9 Å². The van der Waals surface area contributed by atoms with Gasteiger partial charge in [0.2, 0.25) is 0 Å². The number of pyridine rings is 1. The molecule has 0 radical (unpaired) electrons. The first-order valence-electron chi connectivity index (χ1n) is 10.7. The van der Waals surface area contributed by atoms with Crippen LogP contribution in [0.15, 0.2) is 6.07 Å². The summed E-state index contributed by atoms with van der Waals surface area (Å²) in [6.45, 7) is 6.66. The van der Waals surface area contributed by atoms with Gasteiger partial charge in [-0.1, -0.05) is 38.5 Å². The van der Waals surface area contributed by atoms with Crippen LogP contribution in [0.5, 0.6) is 11.5 Å². The van der Waals surface area contributed by atoms with Gasteiger partial charge in [-0.25, -0.2) is 0 Å². The lowest BCUT2D eigenvalue weighted by molar-refractivity contribution is -0.145. The number of methoxy groups -OCH3 is 1. The molecule has 29 heavy (non-hydrogen) atoms. The molecule has 0 N–H and O–H groups in total. The predicted molar refractivity (Wildman–Crippen MR) is 113 cm³/mol. The lowest BCUT2D eigenvalue weighted by atomic mass is 10.0. The minimum Gasteiger partial charge on any atom is -0.491 e. The Bertz CT molecular complexity index is 644. The second kappa shape index (κ2) is 14.0. The number of esters is 2. The minimum atomic E-state index is -0.360. The van der Waals surface area contributed by atoms with E-state index in [2.05, 4.69) is 4.98 Å². The molecule has 0 aliphatic rings. The molecule has 0 spiro atoms. The molecule has 0 bridgehead atoms. The van der Waals surface area contributed by atoms with E-state index in [4.69, 9.17) is 14.2 Å². The summed E-state index contributed by atoms with van der Waals surface area (Å²) < 4.78 is 15.7. The number of aromatic nitrogens is 1. The molecule has 1 unspecified atom stereocenters. The van der Waals surface area contributed by atoms with E-state index in [1.807, 2.05) is 19.9 Å². The first kappa shape index (κ1) is 24.9. The monoisotopic (exact) mass is 407 g/mol. The van der Waals surface area contributed by atoms with Crippen LogP contribution in [0, 0.1) is 6.92 Å². The summed E-state index contributed by atoms with van der Waals surface area (Å²) in [6, 6.07) is 1.81. The van der Waals surface area contributed by atoms with Crippen molar-refractivity contribution in [1.82, 2.24) is 4.98 Å². The third-order valence-corrected chi connectivity index (χ3v) is 4.78. The summed E-state index contributed by atoms with van der Waals surface area (Å²) >= 11 is 0. The van der Waals surface area contributed by atoms with Crippen LogP contribution in [-0.2, 0) is 20.7 Å². The van der Waals surface area contributed by atoms with Crippen molar-refractivity contribution in [3.8, 4) is 11.5 Å². The average molecular weight is 408 g/mol. The van der Waals surface area contributed by atoms with Crippen molar-refractivity contribution in [3.63, 3.8) is 0 Å². The normalized spacial score (nSPS) is 11.8. The SMILES string of the molecule is COc1c(OC(C)=O)cc(CCCCCCCCCCC(C)OC(C)=O)nc1C. The fourth-order valence-electron chi connectivity index (χ4n) is 3.44. The second-order valence-corrected chi connectivity index (χ2v) is 7.61. The number of carbonyl (C=O) groups is 2. The Labute approximate surface area is 175 Å². The van der Waals surface area contributed by atoms with Gasteiger partial charge in [-0.15, -0.1) is 0 Å². The van der Waals surface area contributed by atoms with E-state index in [0.717, 1.165) is 37.1 Å². The van der Waals surface area contributed by atoms with E-state index in [0.29, 0.717) is 11.5 Å². The van der Waals surface area contributed by atoms with Crippen LogP contribution in [0.2, 0.25) is 0 Å². The van der Waals surface area contributed by atoms with Gasteiger partial charge in [0, 0.05) is 25.6 Å². The highest BCUT2D eigenvalue weighted by Gasteiger charge is 2.13. The van der Waals surface area contributed by atoms with Crippen LogP contribution in [0.3, 0.4) is 0 Å². The summed E-state index contributed by atoms with van der Waals surface area (Å²) in [5, 5.41) is 0. The number of hydrogen-bond acceptors (Lipinski definition) is 6. The fourth-order valence-corrected chi connectivity index (χ4v) is 3.44. The number of rotatable bonds is 14. The van der Waals surface area contributed by atoms with Gasteiger partial charge < -0.3 is 14.2 Å². The highest BCUT2D eigenvalue weighted by molar-refractivity contribution is 5.70. The molecule has 1 atom stereocenters. The first-order chi connectivity index (χ1) is 13.8. The summed E-state index contributed by atoms with van der Waals surface area (Å²) in [4.78, 5) is 26.7. The zero-order valence-electron chi connectivity index (χ0n) is 18.7. The van der Waals surface area contributed by atoms with E-state index in [1.165, 1.54) is 52.4 Å². The Morgan fingerprint density at radius 2 is 1.55 bits per heavy atom. The van der Waals surface area contributed by atoms with Crippen molar-refractivity contribution >= 4 is 11.9 Å². The van der Waals surface area contributed by atoms with Crippen molar-refractivity contribution in [3.05, 3.63) is 17.5 Å². The van der Waals surface area contributed by atoms with Crippen molar-refractivity contribution in [1.29, 1.82) is 0 Å². The number of hydrogen-bond donors (Lipinski definition) is 0. The van der Waals surface area contributed by atoms with E-state index in [1.54, 1.807) is 7.11 Å². The highest BCUT2D eigenvalue weighted by atomic mass is 16.6. The third kappa shape index (κ3) is 10.9. The predicted octanol–water partition coefficient (Wildman–Crippen LogP) is 5.33. The lowest BCUT2D eigenvalue weighted by Gasteiger charge is -2.12. The van der Waals surface area contributed by atoms with Gasteiger partial charge in [-0.3, -0.25) is 14.6 Å². The molecule has 1 aromatic rings. The number of aryl methyl sites for hydroxylation is 2. The Kier molecular flexibility index (Phi) is 12.0. The highest BCUT2D eigenvalue weighted by Crippen LogP contribution is 2.31. The van der Waals surface area contributed by atoms with Gasteiger partial charge in [-0.05, 0) is 39.5 Å². The van der Waals surface area contributed by atoms with E-state index < -0.39 is 0 Å². The van der Waals surface area contributed by atoms with Crippen LogP contribution >= 0.6 is 0 Å². The summed E-state index contributed by atoms with van der Waals surface area (Å²) in [5.74, 6) is 0.414. The molecule has 0 amide bonds. The standard InChI is InChI=1S/C23H37NO5/c1-17(28-19(3)25)14-12-10-8-6-7-9-11-13-15-21-16-22(29-20(4)26)23(27-5)18(2)24-21/h16-17H,6-15H2,1-5H3. The molecule has 0 saturated heterocycles. The molecular formula is C23H37NO5. The van der Waals surface area contributed by atoms with Crippen LogP contribution in [0.25, 0.3) is 0 Å². The van der Waals surface area contributed by atoms with Crippen molar-refractivity contribution in [2.45, 2.75) is 98.0 Å². The Balaban J connectivity index is 2.18. The third-order valence-electron chi connectivity index (χ3n) is 4.78. The first-order valence-corrected chi connectivity index (χ1v) is 10.7. The van der Waals surface area contributed by atoms with Gasteiger partial charge in [0.15, 0.2) is 11.5 Å². The maximum atomic E-state index is 11.3. The van der Waals surface area contributed by atoms with Crippen molar-refractivity contribution in [2.24, 2.45) is 0 Å². The molecule has 0 fully saturated rings. The van der Waals surface area contributed by atoms with Crippen LogP contribution in [0.1, 0.15) is 89.9 Å². The van der Waals surface area contributed by atoms with Crippen LogP contribution in [0.4, 0.5) is 0 Å². The van der Waals surface area contributed by atoms with E-state index in [-0.39, 0.29) is 18.0 Å². The van der Waals surface area contributed by atoms with Crippen molar-refractivity contribution < 1.29 is 23.8 Å².